The number of phenolic OH excluding ortho intramolecular Hbond substituents is 3. The summed E-state index contributed by atoms with van der Waals surface area (Å²) in [6.07, 6.45) is -5.70. The quantitative estimate of drug-likeness (QED) is 0.206. The molecule has 45 heavy (non-hydrogen) atoms. The van der Waals surface area contributed by atoms with Crippen LogP contribution in [0.1, 0.15) is 73.4 Å². The largest absolute Gasteiger partial charge is 0.507 e. The predicted octanol–water partition coefficient (Wildman–Crippen LogP) is 1.56. The second kappa shape index (κ2) is 8.96. The van der Waals surface area contributed by atoms with E-state index in [4.69, 9.17) is 18.9 Å². The van der Waals surface area contributed by atoms with Gasteiger partial charge in [-0.25, -0.2) is 0 Å². The van der Waals surface area contributed by atoms with Gasteiger partial charge in [-0.1, -0.05) is 0 Å². The van der Waals surface area contributed by atoms with Crippen molar-refractivity contribution in [3.8, 4) is 28.4 Å². The second-order valence-electron chi connectivity index (χ2n) is 11.8. The number of carbonyl (C=O) groups is 2. The molecule has 0 bridgehead atoms. The Morgan fingerprint density at radius 2 is 1.22 bits per heavy atom. The minimum absolute atomic E-state index is 0.0589. The molecule has 3 N–H and O–H groups in total. The molecule has 13 nitrogen and oxygen atoms in total. The summed E-state index contributed by atoms with van der Waals surface area (Å²) in [5.41, 5.74) is -4.32. The third kappa shape index (κ3) is 3.50. The summed E-state index contributed by atoms with van der Waals surface area (Å²) in [5, 5.41) is 32.1. The van der Waals surface area contributed by atoms with Crippen molar-refractivity contribution in [2.24, 2.45) is 0 Å². The van der Waals surface area contributed by atoms with Gasteiger partial charge in [-0.3, -0.25) is 28.8 Å². The third-order valence-corrected chi connectivity index (χ3v) is 9.27. The first-order chi connectivity index (χ1) is 21.4. The lowest BCUT2D eigenvalue weighted by atomic mass is 9.86. The van der Waals surface area contributed by atoms with Gasteiger partial charge in [0, 0.05) is 27.6 Å². The Morgan fingerprint density at radius 1 is 0.644 bits per heavy atom. The highest BCUT2D eigenvalue weighted by Crippen LogP contribution is 2.55. The lowest BCUT2D eigenvalue weighted by Crippen LogP contribution is -2.40. The fourth-order valence-corrected chi connectivity index (χ4v) is 7.41. The number of esters is 2. The summed E-state index contributed by atoms with van der Waals surface area (Å²) in [5.74, 6) is -2.65. The summed E-state index contributed by atoms with van der Waals surface area (Å²) in [7, 11) is 0. The van der Waals surface area contributed by atoms with Gasteiger partial charge in [0.1, 0.15) is 29.5 Å². The minimum Gasteiger partial charge on any atom is -0.507 e. The Morgan fingerprint density at radius 3 is 1.87 bits per heavy atom. The number of aromatic hydroxyl groups is 3. The van der Waals surface area contributed by atoms with Gasteiger partial charge in [-0.15, -0.1) is 0 Å². The highest BCUT2D eigenvalue weighted by atomic mass is 16.6. The summed E-state index contributed by atoms with van der Waals surface area (Å²) in [6, 6.07) is 3.19. The van der Waals surface area contributed by atoms with Crippen molar-refractivity contribution >= 4 is 22.7 Å². The second-order valence-corrected chi connectivity index (χ2v) is 11.8. The van der Waals surface area contributed by atoms with Gasteiger partial charge >= 0.3 is 11.9 Å². The smallest absolute Gasteiger partial charge is 0.309 e. The lowest BCUT2D eigenvalue weighted by Gasteiger charge is -2.33. The van der Waals surface area contributed by atoms with Gasteiger partial charge < -0.3 is 34.3 Å². The van der Waals surface area contributed by atoms with E-state index >= 15 is 0 Å². The van der Waals surface area contributed by atoms with Crippen LogP contribution in [0, 0.1) is 10.4 Å². The molecule has 0 aromatic heterocycles. The van der Waals surface area contributed by atoms with E-state index in [2.05, 4.69) is 0 Å². The molecule has 4 aliphatic heterocycles. The van der Waals surface area contributed by atoms with Crippen LogP contribution in [0.15, 0.2) is 37.4 Å². The number of ether oxygens (including phenoxy) is 4. The first-order valence-electron chi connectivity index (χ1n) is 14.2. The van der Waals surface area contributed by atoms with E-state index in [1.807, 2.05) is 0 Å². The van der Waals surface area contributed by atoms with E-state index in [1.165, 1.54) is 13.0 Å². The molecule has 0 spiro atoms. The van der Waals surface area contributed by atoms with Crippen LogP contribution < -0.4 is 21.7 Å². The molecule has 2 saturated heterocycles. The third-order valence-electron chi connectivity index (χ3n) is 9.27. The summed E-state index contributed by atoms with van der Waals surface area (Å²) >= 11 is 0. The number of fused-ring (bicyclic) bond motifs is 7. The molecule has 13 heteroatoms. The molecule has 0 radical (unpaired) electrons. The van der Waals surface area contributed by atoms with E-state index in [1.54, 1.807) is 6.92 Å². The van der Waals surface area contributed by atoms with E-state index < -0.39 is 98.0 Å². The number of rotatable bonds is 1. The van der Waals surface area contributed by atoms with Crippen LogP contribution in [0.4, 0.5) is 0 Å². The maximum atomic E-state index is 13.9. The van der Waals surface area contributed by atoms with Crippen LogP contribution in [0.5, 0.6) is 17.2 Å². The SMILES string of the molecule is C[C@@H]1O[C@@H]2CC(=O)OC2c2c1c(O)c1cc(-c3cc(=O)c4c(=O)c5c(c(=O)c=4c3=O)[C@@H](C)O[C@H]3CC(=O)OC53)cc(O)c1c2O. The number of benzene rings is 2. The molecule has 0 saturated carbocycles. The molecule has 6 atom stereocenters. The van der Waals surface area contributed by atoms with Crippen LogP contribution in [0.2, 0.25) is 0 Å². The molecule has 2 unspecified atom stereocenters. The first-order valence-corrected chi connectivity index (χ1v) is 14.2. The van der Waals surface area contributed by atoms with Crippen LogP contribution in [0.25, 0.3) is 21.9 Å². The van der Waals surface area contributed by atoms with Crippen molar-refractivity contribution < 1.29 is 43.9 Å². The predicted molar refractivity (Wildman–Crippen MR) is 151 cm³/mol. The van der Waals surface area contributed by atoms with Crippen molar-refractivity contribution in [1.82, 2.24) is 0 Å². The fraction of sp³-hybridized carbons (Fsp3) is 0.312. The fourth-order valence-electron chi connectivity index (χ4n) is 7.41. The number of hydrogen-bond donors (Lipinski definition) is 3. The van der Waals surface area contributed by atoms with Gasteiger partial charge in [-0.05, 0) is 37.6 Å². The van der Waals surface area contributed by atoms with Crippen molar-refractivity contribution in [3.63, 3.8) is 0 Å². The maximum absolute atomic E-state index is 13.9. The van der Waals surface area contributed by atoms with Crippen molar-refractivity contribution in [3.05, 3.63) is 91.8 Å². The minimum atomic E-state index is -1.18. The molecule has 228 valence electrons. The molecule has 8 rings (SSSR count). The van der Waals surface area contributed by atoms with Gasteiger partial charge in [-0.2, -0.15) is 0 Å². The molecule has 2 aliphatic carbocycles. The van der Waals surface area contributed by atoms with Crippen LogP contribution in [0.3, 0.4) is 0 Å². The van der Waals surface area contributed by atoms with Crippen molar-refractivity contribution in [1.29, 1.82) is 0 Å². The average molecular weight is 615 g/mol. The van der Waals surface area contributed by atoms with Gasteiger partial charge in [0.2, 0.25) is 0 Å². The Bertz CT molecular complexity index is 2350. The zero-order chi connectivity index (χ0) is 31.8. The number of hydrogen-bond acceptors (Lipinski definition) is 13. The average Bonchev–Trinajstić information content (AvgIpc) is 3.53. The Hall–Kier alpha value is -5.14. The molecule has 2 fully saturated rings. The van der Waals surface area contributed by atoms with Crippen LogP contribution >= 0.6 is 0 Å². The standard InChI is InChI=1S/C32H22O13/c1-8-19-24(31-15(42-8)6-17(35)44-31)29(40)21-12(27(19)38)3-10(4-13(21)33)11-5-14(34)22-23(26(11)37)28(39)20-9(2)43-16-7-18(36)45-32(16)25(20)30(22)41/h3-5,8-9,15-16,31-33,38,40H,6-7H2,1-2H3/t8-,9+,15+,16-,31?,32?/m0/s1. The normalized spacial score (nSPS) is 26.7. The Balaban J connectivity index is 1.39. The van der Waals surface area contributed by atoms with Gasteiger partial charge in [0.15, 0.2) is 33.9 Å². The summed E-state index contributed by atoms with van der Waals surface area (Å²) < 4.78 is 22.2. The summed E-state index contributed by atoms with van der Waals surface area (Å²) in [4.78, 5) is 78.7. The molecular weight excluding hydrogens is 592 g/mol. The molecule has 0 amide bonds. The van der Waals surface area contributed by atoms with Crippen LogP contribution in [-0.2, 0) is 28.5 Å². The van der Waals surface area contributed by atoms with Crippen LogP contribution in [-0.4, -0.2) is 39.5 Å². The van der Waals surface area contributed by atoms with E-state index in [0.717, 1.165) is 12.1 Å². The molecule has 6 aliphatic rings. The van der Waals surface area contributed by atoms with Crippen molar-refractivity contribution in [2.75, 3.05) is 0 Å². The number of phenols is 3. The van der Waals surface area contributed by atoms with Gasteiger partial charge in [0.25, 0.3) is 0 Å². The highest BCUT2D eigenvalue weighted by molar-refractivity contribution is 6.02. The molecule has 2 aromatic rings. The topological polar surface area (TPSA) is 200 Å². The summed E-state index contributed by atoms with van der Waals surface area (Å²) in [6.45, 7) is 3.10. The Labute approximate surface area is 250 Å². The zero-order valence-electron chi connectivity index (χ0n) is 23.5. The van der Waals surface area contributed by atoms with Crippen molar-refractivity contribution in [2.45, 2.75) is 63.3 Å². The molecule has 4 heterocycles. The Kier molecular flexibility index (Phi) is 5.46. The van der Waals surface area contributed by atoms with E-state index in [9.17, 15) is 44.1 Å². The number of carbonyl (C=O) groups excluding carboxylic acids is 2. The highest BCUT2D eigenvalue weighted by Gasteiger charge is 2.48. The van der Waals surface area contributed by atoms with E-state index in [-0.39, 0.29) is 57.0 Å². The maximum Gasteiger partial charge on any atom is 0.309 e. The molecular formula is C32H22O13. The molecule has 2 aromatic carbocycles. The first kappa shape index (κ1) is 27.4. The van der Waals surface area contributed by atoms with E-state index in [0.29, 0.717) is 0 Å². The van der Waals surface area contributed by atoms with Gasteiger partial charge in [0.05, 0.1) is 46.4 Å². The zero-order valence-corrected chi connectivity index (χ0v) is 23.5. The monoisotopic (exact) mass is 614 g/mol. The lowest BCUT2D eigenvalue weighted by molar-refractivity contribution is -0.144.